The first-order chi connectivity index (χ1) is 28.3. The van der Waals surface area contributed by atoms with Crippen LogP contribution in [0.4, 0.5) is 0 Å². The molecule has 7 aromatic carbocycles. The number of allylic oxidation sites excluding steroid dienone is 4. The van der Waals surface area contributed by atoms with Crippen LogP contribution in [0.5, 0.6) is 0 Å². The molecular weight excluding hydrogens is 693 g/mol. The van der Waals surface area contributed by atoms with Crippen LogP contribution in [0.25, 0.3) is 99.8 Å². The summed E-state index contributed by atoms with van der Waals surface area (Å²) in [7, 11) is 0. The fourth-order valence-electron chi connectivity index (χ4n) is 8.66. The van der Waals surface area contributed by atoms with Gasteiger partial charge in [0.25, 0.3) is 0 Å². The van der Waals surface area contributed by atoms with Crippen LogP contribution in [0, 0.1) is 0 Å². The van der Waals surface area contributed by atoms with Crippen LogP contribution >= 0.6 is 0 Å². The number of pyridine rings is 1. The second-order valence-corrected chi connectivity index (χ2v) is 14.7. The van der Waals surface area contributed by atoms with E-state index in [-0.39, 0.29) is 0 Å². The molecule has 0 spiro atoms. The highest BCUT2D eigenvalue weighted by Gasteiger charge is 2.21. The van der Waals surface area contributed by atoms with Crippen molar-refractivity contribution in [2.75, 3.05) is 0 Å². The van der Waals surface area contributed by atoms with Gasteiger partial charge < -0.3 is 4.57 Å². The minimum Gasteiger partial charge on any atom is -0.309 e. The van der Waals surface area contributed by atoms with Gasteiger partial charge in [-0.2, -0.15) is 0 Å². The Hall–Kier alpha value is -7.43. The zero-order chi connectivity index (χ0) is 37.7. The molecule has 57 heavy (non-hydrogen) atoms. The van der Waals surface area contributed by atoms with Gasteiger partial charge in [0.1, 0.15) is 0 Å². The van der Waals surface area contributed by atoms with E-state index < -0.39 is 0 Å². The molecule has 10 aromatic rings. The molecule has 4 nitrogen and oxygen atoms in total. The van der Waals surface area contributed by atoms with E-state index >= 15 is 0 Å². The highest BCUT2D eigenvalue weighted by Crippen LogP contribution is 2.43. The summed E-state index contributed by atoms with van der Waals surface area (Å²) >= 11 is 0. The smallest absolute Gasteiger partial charge is 0.161 e. The van der Waals surface area contributed by atoms with E-state index in [0.29, 0.717) is 5.82 Å². The molecule has 1 aliphatic rings. The number of hydrogen-bond donors (Lipinski definition) is 0. The van der Waals surface area contributed by atoms with Gasteiger partial charge >= 0.3 is 0 Å². The Morgan fingerprint density at radius 2 is 0.912 bits per heavy atom. The van der Waals surface area contributed by atoms with Crippen LogP contribution in [0.1, 0.15) is 18.4 Å². The number of para-hydroxylation sites is 2. The largest absolute Gasteiger partial charge is 0.309 e. The van der Waals surface area contributed by atoms with E-state index in [1.165, 1.54) is 43.7 Å². The van der Waals surface area contributed by atoms with E-state index in [2.05, 4.69) is 179 Å². The van der Waals surface area contributed by atoms with Crippen molar-refractivity contribution >= 4 is 48.9 Å². The van der Waals surface area contributed by atoms with Gasteiger partial charge in [-0.1, -0.05) is 146 Å². The van der Waals surface area contributed by atoms with Crippen LogP contribution in [-0.4, -0.2) is 19.5 Å². The molecule has 0 saturated heterocycles. The van der Waals surface area contributed by atoms with Gasteiger partial charge in [0.05, 0.1) is 28.1 Å². The Kier molecular flexibility index (Phi) is 7.92. The first-order valence-corrected chi connectivity index (χ1v) is 19.6. The van der Waals surface area contributed by atoms with Crippen molar-refractivity contribution in [3.63, 3.8) is 0 Å². The molecule has 0 radical (unpaired) electrons. The Balaban J connectivity index is 1.12. The van der Waals surface area contributed by atoms with Gasteiger partial charge in [-0.05, 0) is 88.0 Å². The molecule has 0 atom stereocenters. The summed E-state index contributed by atoms with van der Waals surface area (Å²) in [6.45, 7) is 0. The number of nitrogens with zero attached hydrogens (tertiary/aromatic N) is 4. The predicted molar refractivity (Wildman–Crippen MR) is 237 cm³/mol. The van der Waals surface area contributed by atoms with Crippen LogP contribution in [0.3, 0.4) is 0 Å². The minimum atomic E-state index is 0.704. The maximum absolute atomic E-state index is 5.44. The molecular formula is C53H36N4. The van der Waals surface area contributed by atoms with Crippen LogP contribution < -0.4 is 0 Å². The maximum atomic E-state index is 5.44. The zero-order valence-electron chi connectivity index (χ0n) is 31.2. The third-order valence-electron chi connectivity index (χ3n) is 11.3. The molecule has 3 heterocycles. The summed E-state index contributed by atoms with van der Waals surface area (Å²) in [6.07, 6.45) is 10.9. The summed E-state index contributed by atoms with van der Waals surface area (Å²) in [5, 5.41) is 7.18. The number of fused-ring (bicyclic) bond motifs is 5. The van der Waals surface area contributed by atoms with Crippen molar-refractivity contribution in [2.45, 2.75) is 12.8 Å². The zero-order valence-corrected chi connectivity index (χ0v) is 31.2. The van der Waals surface area contributed by atoms with Crippen molar-refractivity contribution < 1.29 is 0 Å². The van der Waals surface area contributed by atoms with Crippen molar-refractivity contribution in [2.24, 2.45) is 0 Å². The SMILES string of the molecule is C1=CC(c2c3ccccc3c(-c3nc(-c4ccc(-c5ccccn5)cc4)cc(-c4ccc(-n5c6ccccc6c6ccccc65)cc4)n3)c3ccccc23)=CCC1. The highest BCUT2D eigenvalue weighted by atomic mass is 15.0. The molecule has 0 saturated carbocycles. The van der Waals surface area contributed by atoms with Crippen molar-refractivity contribution in [3.8, 4) is 50.8 Å². The lowest BCUT2D eigenvalue weighted by Gasteiger charge is -2.19. The summed E-state index contributed by atoms with van der Waals surface area (Å²) in [4.78, 5) is 15.4. The monoisotopic (exact) mass is 728 g/mol. The number of hydrogen-bond acceptors (Lipinski definition) is 3. The van der Waals surface area contributed by atoms with E-state index in [4.69, 9.17) is 9.97 Å². The molecule has 268 valence electrons. The molecule has 0 amide bonds. The van der Waals surface area contributed by atoms with Gasteiger partial charge in [-0.25, -0.2) is 9.97 Å². The summed E-state index contributed by atoms with van der Waals surface area (Å²) in [5.41, 5.74) is 12.8. The first-order valence-electron chi connectivity index (χ1n) is 19.6. The average Bonchev–Trinajstić information content (AvgIpc) is 3.63. The lowest BCUT2D eigenvalue weighted by Crippen LogP contribution is -2.00. The van der Waals surface area contributed by atoms with Gasteiger partial charge in [0.15, 0.2) is 5.82 Å². The molecule has 0 aliphatic heterocycles. The van der Waals surface area contributed by atoms with E-state index in [0.717, 1.165) is 68.6 Å². The van der Waals surface area contributed by atoms with E-state index in [9.17, 15) is 0 Å². The lowest BCUT2D eigenvalue weighted by atomic mass is 9.86. The van der Waals surface area contributed by atoms with Crippen LogP contribution in [0.15, 0.2) is 194 Å². The molecule has 0 bridgehead atoms. The van der Waals surface area contributed by atoms with Crippen molar-refractivity contribution in [1.29, 1.82) is 0 Å². The maximum Gasteiger partial charge on any atom is 0.161 e. The van der Waals surface area contributed by atoms with Gasteiger partial charge in [-0.3, -0.25) is 4.98 Å². The molecule has 11 rings (SSSR count). The molecule has 0 fully saturated rings. The topological polar surface area (TPSA) is 43.6 Å². The van der Waals surface area contributed by atoms with Gasteiger partial charge in [0.2, 0.25) is 0 Å². The van der Waals surface area contributed by atoms with E-state index in [1.54, 1.807) is 0 Å². The van der Waals surface area contributed by atoms with Crippen molar-refractivity contribution in [3.05, 3.63) is 200 Å². The molecule has 4 heteroatoms. The highest BCUT2D eigenvalue weighted by molar-refractivity contribution is 6.19. The Morgan fingerprint density at radius 3 is 1.44 bits per heavy atom. The molecule has 0 unspecified atom stereocenters. The normalized spacial score (nSPS) is 12.8. The molecule has 1 aliphatic carbocycles. The third-order valence-corrected chi connectivity index (χ3v) is 11.3. The van der Waals surface area contributed by atoms with Crippen LogP contribution in [-0.2, 0) is 0 Å². The van der Waals surface area contributed by atoms with Gasteiger partial charge in [-0.15, -0.1) is 0 Å². The Labute approximate surface area is 330 Å². The third kappa shape index (κ3) is 5.65. The summed E-state index contributed by atoms with van der Waals surface area (Å²) in [5.74, 6) is 0.704. The fourth-order valence-corrected chi connectivity index (χ4v) is 8.66. The van der Waals surface area contributed by atoms with Crippen molar-refractivity contribution in [1.82, 2.24) is 19.5 Å². The lowest BCUT2D eigenvalue weighted by molar-refractivity contribution is 1.04. The molecule has 0 N–H and O–H groups in total. The van der Waals surface area contributed by atoms with E-state index in [1.807, 2.05) is 24.4 Å². The summed E-state index contributed by atoms with van der Waals surface area (Å²) in [6, 6.07) is 60.3. The summed E-state index contributed by atoms with van der Waals surface area (Å²) < 4.78 is 2.35. The first kappa shape index (κ1) is 33.0. The second kappa shape index (κ2) is 13.7. The molecule has 3 aromatic heterocycles. The predicted octanol–water partition coefficient (Wildman–Crippen LogP) is 13.7. The quantitative estimate of drug-likeness (QED) is 0.160. The minimum absolute atomic E-state index is 0.704. The Morgan fingerprint density at radius 1 is 0.421 bits per heavy atom. The number of rotatable bonds is 6. The number of aromatic nitrogens is 4. The number of benzene rings is 7. The average molecular weight is 729 g/mol. The van der Waals surface area contributed by atoms with Crippen LogP contribution in [0.2, 0.25) is 0 Å². The standard InChI is InChI=1S/C53H36N4/c1-2-14-38(15-3-1)51-42-18-4-6-20-44(42)52(45-21-7-5-19-43(45)51)53-55-47(36-27-25-35(26-28-36)46-22-12-13-33-54-46)34-48(56-53)37-29-31-39(32-30-37)57-49-23-10-8-16-40(49)41-17-9-11-24-50(41)57/h2,4-34H,1,3H2. The van der Waals surface area contributed by atoms with Gasteiger partial charge in [0, 0.05) is 44.9 Å². The second-order valence-electron chi connectivity index (χ2n) is 14.7. The Bertz CT molecular complexity index is 3100. The fraction of sp³-hybridized carbons (Fsp3) is 0.0377.